The molecular formula is C30H31FN6O. The van der Waals surface area contributed by atoms with Gasteiger partial charge in [-0.3, -0.25) is 4.68 Å². The van der Waals surface area contributed by atoms with Gasteiger partial charge in [-0.25, -0.2) is 19.0 Å². The van der Waals surface area contributed by atoms with Crippen molar-refractivity contribution in [2.24, 2.45) is 0 Å². The molecule has 0 fully saturated rings. The summed E-state index contributed by atoms with van der Waals surface area (Å²) in [4.78, 5) is 8.96. The van der Waals surface area contributed by atoms with E-state index in [4.69, 9.17) is 9.84 Å². The Hall–Kier alpha value is -4.17. The largest absolute Gasteiger partial charge is 0.375 e. The molecule has 2 aromatic carbocycles. The molecule has 3 heterocycles. The van der Waals surface area contributed by atoms with Crippen LogP contribution in [0.25, 0.3) is 17.1 Å². The molecule has 0 aliphatic carbocycles. The molecule has 0 aliphatic rings. The predicted octanol–water partition coefficient (Wildman–Crippen LogP) is 5.65. The molecule has 0 unspecified atom stereocenters. The molecule has 0 atom stereocenters. The Bertz CT molecular complexity index is 1510. The molecule has 0 saturated heterocycles. The zero-order valence-electron chi connectivity index (χ0n) is 21.9. The molecule has 0 N–H and O–H groups in total. The zero-order valence-corrected chi connectivity index (χ0v) is 21.9. The van der Waals surface area contributed by atoms with Gasteiger partial charge < -0.3 is 4.74 Å². The minimum Gasteiger partial charge on any atom is -0.375 e. The first-order valence-corrected chi connectivity index (χ1v) is 12.8. The first kappa shape index (κ1) is 25.5. The molecule has 38 heavy (non-hydrogen) atoms. The second-order valence-corrected chi connectivity index (χ2v) is 9.28. The highest BCUT2D eigenvalue weighted by atomic mass is 19.1. The van der Waals surface area contributed by atoms with Crippen molar-refractivity contribution in [3.05, 3.63) is 113 Å². The van der Waals surface area contributed by atoms with Crippen molar-refractivity contribution in [3.8, 4) is 17.1 Å². The maximum Gasteiger partial charge on any atom is 0.157 e. The second kappa shape index (κ2) is 11.5. The lowest BCUT2D eigenvalue weighted by Gasteiger charge is -2.10. The number of aromatic nitrogens is 6. The SMILES string of the molecule is CCc1c(Cc2cc(-n3nc(C)cc3C)ncn2)nn(CCOCc2ccccc2)c1-c1ccc(F)cc1. The monoisotopic (exact) mass is 510 g/mol. The molecular weight excluding hydrogens is 479 g/mol. The third-order valence-corrected chi connectivity index (χ3v) is 6.45. The Labute approximate surface area is 222 Å². The summed E-state index contributed by atoms with van der Waals surface area (Å²) >= 11 is 0. The van der Waals surface area contributed by atoms with Crippen molar-refractivity contribution >= 4 is 0 Å². The molecule has 0 saturated carbocycles. The van der Waals surface area contributed by atoms with E-state index in [1.165, 1.54) is 12.1 Å². The fraction of sp³-hybridized carbons (Fsp3) is 0.267. The van der Waals surface area contributed by atoms with E-state index in [-0.39, 0.29) is 5.82 Å². The van der Waals surface area contributed by atoms with E-state index in [9.17, 15) is 4.39 Å². The molecule has 0 spiro atoms. The van der Waals surface area contributed by atoms with E-state index in [2.05, 4.69) is 22.0 Å². The Morgan fingerprint density at radius 1 is 0.921 bits per heavy atom. The van der Waals surface area contributed by atoms with E-state index in [1.807, 2.05) is 77.8 Å². The molecule has 7 nitrogen and oxygen atoms in total. The van der Waals surface area contributed by atoms with Crippen LogP contribution in [0.15, 0.2) is 73.1 Å². The zero-order chi connectivity index (χ0) is 26.5. The molecule has 8 heteroatoms. The van der Waals surface area contributed by atoms with Gasteiger partial charge in [-0.2, -0.15) is 10.2 Å². The summed E-state index contributed by atoms with van der Waals surface area (Å²) in [6.45, 7) is 7.71. The van der Waals surface area contributed by atoms with Crippen molar-refractivity contribution < 1.29 is 9.13 Å². The van der Waals surface area contributed by atoms with E-state index in [0.29, 0.717) is 26.2 Å². The van der Waals surface area contributed by atoms with E-state index >= 15 is 0 Å². The highest BCUT2D eigenvalue weighted by Gasteiger charge is 2.19. The summed E-state index contributed by atoms with van der Waals surface area (Å²) in [6.07, 6.45) is 2.90. The third kappa shape index (κ3) is 5.70. The van der Waals surface area contributed by atoms with Crippen molar-refractivity contribution in [2.45, 2.75) is 46.8 Å². The predicted molar refractivity (Wildman–Crippen MR) is 145 cm³/mol. The van der Waals surface area contributed by atoms with Gasteiger partial charge in [0.2, 0.25) is 0 Å². The first-order chi connectivity index (χ1) is 18.5. The lowest BCUT2D eigenvalue weighted by Crippen LogP contribution is -2.09. The van der Waals surface area contributed by atoms with Crippen LogP contribution in [0.3, 0.4) is 0 Å². The number of ether oxygens (including phenoxy) is 1. The van der Waals surface area contributed by atoms with E-state index < -0.39 is 0 Å². The average Bonchev–Trinajstić information content (AvgIpc) is 3.45. The lowest BCUT2D eigenvalue weighted by atomic mass is 10.0. The van der Waals surface area contributed by atoms with Crippen LogP contribution in [0, 0.1) is 19.7 Å². The van der Waals surface area contributed by atoms with Crippen molar-refractivity contribution in [1.29, 1.82) is 0 Å². The lowest BCUT2D eigenvalue weighted by molar-refractivity contribution is 0.111. The number of nitrogens with zero attached hydrogens (tertiary/aromatic N) is 6. The molecule has 3 aromatic heterocycles. The Balaban J connectivity index is 1.43. The summed E-state index contributed by atoms with van der Waals surface area (Å²) in [6, 6.07) is 20.7. The molecule has 5 aromatic rings. The third-order valence-electron chi connectivity index (χ3n) is 6.45. The fourth-order valence-electron chi connectivity index (χ4n) is 4.70. The van der Waals surface area contributed by atoms with Crippen LogP contribution in [0.2, 0.25) is 0 Å². The van der Waals surface area contributed by atoms with Crippen molar-refractivity contribution in [3.63, 3.8) is 0 Å². The number of hydrogen-bond acceptors (Lipinski definition) is 5. The van der Waals surface area contributed by atoms with Gasteiger partial charge in [-0.1, -0.05) is 37.3 Å². The number of rotatable bonds is 10. The molecule has 0 bridgehead atoms. The van der Waals surface area contributed by atoms with Gasteiger partial charge >= 0.3 is 0 Å². The maximum atomic E-state index is 13.7. The average molecular weight is 511 g/mol. The summed E-state index contributed by atoms with van der Waals surface area (Å²) < 4.78 is 23.5. The van der Waals surface area contributed by atoms with Gasteiger partial charge in [0.25, 0.3) is 0 Å². The topological polar surface area (TPSA) is 70.7 Å². The molecule has 0 aliphatic heterocycles. The summed E-state index contributed by atoms with van der Waals surface area (Å²) in [7, 11) is 0. The second-order valence-electron chi connectivity index (χ2n) is 9.28. The number of halogens is 1. The van der Waals surface area contributed by atoms with Crippen LogP contribution in [0.5, 0.6) is 0 Å². The summed E-state index contributed by atoms with van der Waals surface area (Å²) in [5.74, 6) is 0.466. The number of aryl methyl sites for hydroxylation is 2. The molecule has 0 amide bonds. The van der Waals surface area contributed by atoms with Crippen LogP contribution >= 0.6 is 0 Å². The van der Waals surface area contributed by atoms with Crippen LogP contribution in [-0.4, -0.2) is 36.1 Å². The number of hydrogen-bond donors (Lipinski definition) is 0. The Morgan fingerprint density at radius 2 is 1.71 bits per heavy atom. The highest BCUT2D eigenvalue weighted by Crippen LogP contribution is 2.29. The van der Waals surface area contributed by atoms with Gasteiger partial charge in [0.05, 0.1) is 42.5 Å². The smallest absolute Gasteiger partial charge is 0.157 e. The summed E-state index contributed by atoms with van der Waals surface area (Å²) in [5.41, 5.74) is 7.90. The Morgan fingerprint density at radius 3 is 2.42 bits per heavy atom. The standard InChI is InChI=1S/C30H31FN6O/c1-4-27-28(17-26-18-29(33-20-32-26)37-22(3)16-21(2)34-37)35-36(30(27)24-10-12-25(31)13-11-24)14-15-38-19-23-8-6-5-7-9-23/h5-13,16,18,20H,4,14-15,17,19H2,1-3H3. The molecule has 0 radical (unpaired) electrons. The van der Waals surface area contributed by atoms with Gasteiger partial charge in [-0.15, -0.1) is 0 Å². The highest BCUT2D eigenvalue weighted by molar-refractivity contribution is 5.65. The van der Waals surface area contributed by atoms with Crippen LogP contribution in [-0.2, 0) is 30.7 Å². The maximum absolute atomic E-state index is 13.7. The van der Waals surface area contributed by atoms with Gasteiger partial charge in [0, 0.05) is 29.3 Å². The quantitative estimate of drug-likeness (QED) is 0.227. The molecule has 194 valence electrons. The minimum absolute atomic E-state index is 0.262. The van der Waals surface area contributed by atoms with Crippen LogP contribution in [0.4, 0.5) is 4.39 Å². The first-order valence-electron chi connectivity index (χ1n) is 12.8. The van der Waals surface area contributed by atoms with Gasteiger partial charge in [-0.05, 0) is 56.2 Å². The molecule has 5 rings (SSSR count). The van der Waals surface area contributed by atoms with E-state index in [0.717, 1.165) is 57.4 Å². The van der Waals surface area contributed by atoms with Crippen LogP contribution < -0.4 is 0 Å². The normalized spacial score (nSPS) is 11.3. The van der Waals surface area contributed by atoms with E-state index in [1.54, 1.807) is 6.33 Å². The van der Waals surface area contributed by atoms with Crippen molar-refractivity contribution in [1.82, 2.24) is 29.5 Å². The van der Waals surface area contributed by atoms with Crippen LogP contribution in [0.1, 0.15) is 40.8 Å². The minimum atomic E-state index is -0.262. The van der Waals surface area contributed by atoms with Gasteiger partial charge in [0.1, 0.15) is 12.1 Å². The Kier molecular flexibility index (Phi) is 7.70. The van der Waals surface area contributed by atoms with Crippen molar-refractivity contribution in [2.75, 3.05) is 6.61 Å². The summed E-state index contributed by atoms with van der Waals surface area (Å²) in [5, 5.41) is 9.56. The van der Waals surface area contributed by atoms with Gasteiger partial charge in [0.15, 0.2) is 5.82 Å². The number of benzene rings is 2. The fourth-order valence-corrected chi connectivity index (χ4v) is 4.70.